The summed E-state index contributed by atoms with van der Waals surface area (Å²) >= 11 is 0. The van der Waals surface area contributed by atoms with Gasteiger partial charge in [0, 0.05) is 6.42 Å². The number of carbonyl (C=O) groups is 1. The van der Waals surface area contributed by atoms with Gasteiger partial charge in [0.15, 0.2) is 5.78 Å². The van der Waals surface area contributed by atoms with Crippen molar-refractivity contribution in [3.63, 3.8) is 0 Å². The summed E-state index contributed by atoms with van der Waals surface area (Å²) in [6.45, 7) is 1.85. The molecule has 0 saturated heterocycles. The van der Waals surface area contributed by atoms with Crippen LogP contribution in [-0.4, -0.2) is 16.5 Å². The molecule has 0 aromatic rings. The second-order valence-corrected chi connectivity index (χ2v) is 2.66. The lowest BCUT2D eigenvalue weighted by molar-refractivity contribution is -0.133. The maximum atomic E-state index is 10.9. The SMILES string of the molecule is CCC1(O)CCCC1=O. The summed E-state index contributed by atoms with van der Waals surface area (Å²) in [7, 11) is 0. The fourth-order valence-corrected chi connectivity index (χ4v) is 1.29. The van der Waals surface area contributed by atoms with Crippen molar-refractivity contribution in [3.8, 4) is 0 Å². The van der Waals surface area contributed by atoms with Crippen LogP contribution in [-0.2, 0) is 4.79 Å². The minimum Gasteiger partial charge on any atom is -0.382 e. The molecule has 1 aliphatic rings. The molecule has 1 unspecified atom stereocenters. The van der Waals surface area contributed by atoms with Crippen LogP contribution in [0.5, 0.6) is 0 Å². The van der Waals surface area contributed by atoms with Crippen molar-refractivity contribution in [3.05, 3.63) is 0 Å². The molecule has 9 heavy (non-hydrogen) atoms. The third-order valence-electron chi connectivity index (χ3n) is 2.10. The van der Waals surface area contributed by atoms with Gasteiger partial charge < -0.3 is 5.11 Å². The van der Waals surface area contributed by atoms with E-state index in [9.17, 15) is 9.90 Å². The molecule has 2 nitrogen and oxygen atoms in total. The first-order valence-corrected chi connectivity index (χ1v) is 3.45. The van der Waals surface area contributed by atoms with Crippen LogP contribution in [0.2, 0.25) is 0 Å². The summed E-state index contributed by atoms with van der Waals surface area (Å²) in [5, 5.41) is 9.42. The molecular weight excluding hydrogens is 116 g/mol. The first-order chi connectivity index (χ1) is 4.19. The molecule has 2 heteroatoms. The minimum atomic E-state index is -0.944. The van der Waals surface area contributed by atoms with E-state index in [-0.39, 0.29) is 5.78 Å². The lowest BCUT2D eigenvalue weighted by Crippen LogP contribution is -2.31. The Labute approximate surface area is 54.9 Å². The smallest absolute Gasteiger partial charge is 0.164 e. The first-order valence-electron chi connectivity index (χ1n) is 3.45. The molecule has 1 fully saturated rings. The number of rotatable bonds is 1. The van der Waals surface area contributed by atoms with Gasteiger partial charge in [0.05, 0.1) is 0 Å². The van der Waals surface area contributed by atoms with Crippen LogP contribution >= 0.6 is 0 Å². The Morgan fingerprint density at radius 2 is 2.44 bits per heavy atom. The van der Waals surface area contributed by atoms with E-state index >= 15 is 0 Å². The van der Waals surface area contributed by atoms with Gasteiger partial charge in [-0.15, -0.1) is 0 Å². The lowest BCUT2D eigenvalue weighted by Gasteiger charge is -2.16. The van der Waals surface area contributed by atoms with E-state index in [0.717, 1.165) is 6.42 Å². The van der Waals surface area contributed by atoms with Gasteiger partial charge in [-0.3, -0.25) is 4.79 Å². The van der Waals surface area contributed by atoms with Crippen LogP contribution in [0.1, 0.15) is 32.6 Å². The predicted octanol–water partition coefficient (Wildman–Crippen LogP) is 0.881. The number of ketones is 1. The van der Waals surface area contributed by atoms with Gasteiger partial charge in [-0.05, 0) is 19.3 Å². The maximum Gasteiger partial charge on any atom is 0.164 e. The molecule has 1 N–H and O–H groups in total. The van der Waals surface area contributed by atoms with Crippen LogP contribution in [0.3, 0.4) is 0 Å². The molecule has 0 bridgehead atoms. The molecule has 0 spiro atoms. The number of aliphatic hydroxyl groups is 1. The van der Waals surface area contributed by atoms with Crippen molar-refractivity contribution in [2.75, 3.05) is 0 Å². The van der Waals surface area contributed by atoms with Crippen LogP contribution in [0.15, 0.2) is 0 Å². The van der Waals surface area contributed by atoms with E-state index in [4.69, 9.17) is 0 Å². The zero-order chi connectivity index (χ0) is 6.91. The Morgan fingerprint density at radius 1 is 1.78 bits per heavy atom. The van der Waals surface area contributed by atoms with Crippen molar-refractivity contribution >= 4 is 5.78 Å². The van der Waals surface area contributed by atoms with E-state index in [1.54, 1.807) is 0 Å². The molecule has 1 aliphatic carbocycles. The van der Waals surface area contributed by atoms with Gasteiger partial charge in [0.1, 0.15) is 5.60 Å². The van der Waals surface area contributed by atoms with Crippen molar-refractivity contribution < 1.29 is 9.90 Å². The largest absolute Gasteiger partial charge is 0.382 e. The predicted molar refractivity (Wildman–Crippen MR) is 34.1 cm³/mol. The van der Waals surface area contributed by atoms with Crippen molar-refractivity contribution in [2.24, 2.45) is 0 Å². The third-order valence-corrected chi connectivity index (χ3v) is 2.10. The molecule has 0 radical (unpaired) electrons. The molecule has 1 rings (SSSR count). The van der Waals surface area contributed by atoms with Crippen molar-refractivity contribution in [1.29, 1.82) is 0 Å². The topological polar surface area (TPSA) is 37.3 Å². The molecule has 0 amide bonds. The maximum absolute atomic E-state index is 10.9. The van der Waals surface area contributed by atoms with E-state index < -0.39 is 5.60 Å². The van der Waals surface area contributed by atoms with E-state index in [0.29, 0.717) is 19.3 Å². The average Bonchev–Trinajstić information content (AvgIpc) is 2.15. The van der Waals surface area contributed by atoms with Gasteiger partial charge in [-0.1, -0.05) is 6.92 Å². The van der Waals surface area contributed by atoms with Crippen LogP contribution in [0, 0.1) is 0 Å². The Bertz CT molecular complexity index is 131. The van der Waals surface area contributed by atoms with Gasteiger partial charge in [0.25, 0.3) is 0 Å². The molecular formula is C7H12O2. The van der Waals surface area contributed by atoms with Crippen molar-refractivity contribution in [1.82, 2.24) is 0 Å². The zero-order valence-corrected chi connectivity index (χ0v) is 5.68. The Hall–Kier alpha value is -0.370. The van der Waals surface area contributed by atoms with Crippen LogP contribution in [0.4, 0.5) is 0 Å². The Morgan fingerprint density at radius 3 is 2.67 bits per heavy atom. The molecule has 0 aliphatic heterocycles. The number of carbonyl (C=O) groups excluding carboxylic acids is 1. The second kappa shape index (κ2) is 2.10. The highest BCUT2D eigenvalue weighted by Crippen LogP contribution is 2.28. The van der Waals surface area contributed by atoms with E-state index in [1.807, 2.05) is 6.92 Å². The normalized spacial score (nSPS) is 35.6. The summed E-state index contributed by atoms with van der Waals surface area (Å²) in [6.07, 6.45) is 2.68. The molecule has 1 saturated carbocycles. The summed E-state index contributed by atoms with van der Waals surface area (Å²) in [5.74, 6) is 0.0324. The number of hydrogen-bond acceptors (Lipinski definition) is 2. The number of hydrogen-bond donors (Lipinski definition) is 1. The molecule has 52 valence electrons. The van der Waals surface area contributed by atoms with E-state index in [1.165, 1.54) is 0 Å². The van der Waals surface area contributed by atoms with Gasteiger partial charge in [0.2, 0.25) is 0 Å². The highest BCUT2D eigenvalue weighted by molar-refractivity contribution is 5.88. The van der Waals surface area contributed by atoms with Gasteiger partial charge in [-0.25, -0.2) is 0 Å². The fourth-order valence-electron chi connectivity index (χ4n) is 1.29. The van der Waals surface area contributed by atoms with Crippen LogP contribution < -0.4 is 0 Å². The molecule has 0 heterocycles. The third kappa shape index (κ3) is 0.990. The summed E-state index contributed by atoms with van der Waals surface area (Å²) in [5.41, 5.74) is -0.944. The summed E-state index contributed by atoms with van der Waals surface area (Å²) < 4.78 is 0. The van der Waals surface area contributed by atoms with Crippen molar-refractivity contribution in [2.45, 2.75) is 38.2 Å². The number of Topliss-reactive ketones (excluding diaryl/α,β-unsaturated/α-hetero) is 1. The Kier molecular flexibility index (Phi) is 1.58. The first kappa shape index (κ1) is 6.75. The summed E-state index contributed by atoms with van der Waals surface area (Å²) in [6, 6.07) is 0. The average molecular weight is 128 g/mol. The summed E-state index contributed by atoms with van der Waals surface area (Å²) in [4.78, 5) is 10.9. The highest BCUT2D eigenvalue weighted by atomic mass is 16.3. The van der Waals surface area contributed by atoms with E-state index in [2.05, 4.69) is 0 Å². The lowest BCUT2D eigenvalue weighted by atomic mass is 9.98. The van der Waals surface area contributed by atoms with Gasteiger partial charge in [-0.2, -0.15) is 0 Å². The molecule has 0 aromatic carbocycles. The van der Waals surface area contributed by atoms with Crippen LogP contribution in [0.25, 0.3) is 0 Å². The molecule has 1 atom stereocenters. The highest BCUT2D eigenvalue weighted by Gasteiger charge is 2.37. The molecule has 0 aromatic heterocycles. The zero-order valence-electron chi connectivity index (χ0n) is 5.68. The standard InChI is InChI=1S/C7H12O2/c1-2-7(9)5-3-4-6(7)8/h9H,2-5H2,1H3. The Balaban J connectivity index is 2.67. The second-order valence-electron chi connectivity index (χ2n) is 2.66. The quantitative estimate of drug-likeness (QED) is 0.569. The minimum absolute atomic E-state index is 0.0324. The fraction of sp³-hybridized carbons (Fsp3) is 0.857. The van der Waals surface area contributed by atoms with Gasteiger partial charge >= 0.3 is 0 Å². The monoisotopic (exact) mass is 128 g/mol.